The molecule has 0 aliphatic carbocycles. The molecule has 3 aromatic carbocycles. The van der Waals surface area contributed by atoms with Gasteiger partial charge in [0.05, 0.1) is 23.4 Å². The van der Waals surface area contributed by atoms with Crippen molar-refractivity contribution in [3.63, 3.8) is 0 Å². The van der Waals surface area contributed by atoms with Gasteiger partial charge in [-0.15, -0.1) is 0 Å². The van der Waals surface area contributed by atoms with E-state index in [1.807, 2.05) is 43.3 Å². The van der Waals surface area contributed by atoms with Gasteiger partial charge in [0.1, 0.15) is 12.3 Å². The van der Waals surface area contributed by atoms with Crippen LogP contribution in [-0.4, -0.2) is 33.7 Å². The maximum atomic E-state index is 13.5. The fraction of sp³-hybridized carbons (Fsp3) is 0.310. The van der Waals surface area contributed by atoms with Gasteiger partial charge < -0.3 is 4.74 Å². The average molecular weight is 522 g/mol. The number of ether oxygens (including phenoxy) is 1. The fourth-order valence-electron chi connectivity index (χ4n) is 3.44. The van der Waals surface area contributed by atoms with E-state index in [-0.39, 0.29) is 4.90 Å². The van der Waals surface area contributed by atoms with Gasteiger partial charge in [-0.2, -0.15) is 5.10 Å². The Morgan fingerprint density at radius 3 is 2.14 bits per heavy atom. The highest BCUT2D eigenvalue weighted by atomic mass is 32.2. The number of amides is 1. The number of hydrazone groups is 1. The van der Waals surface area contributed by atoms with E-state index >= 15 is 0 Å². The van der Waals surface area contributed by atoms with Crippen molar-refractivity contribution in [2.24, 2.45) is 11.0 Å². The average Bonchev–Trinajstić information content (AvgIpc) is 2.87. The third-order valence-electron chi connectivity index (χ3n) is 5.61. The first-order chi connectivity index (χ1) is 17.6. The van der Waals surface area contributed by atoms with Crippen LogP contribution in [0.1, 0.15) is 50.3 Å². The molecule has 196 valence electrons. The Morgan fingerprint density at radius 1 is 0.946 bits per heavy atom. The Labute approximate surface area is 220 Å². The van der Waals surface area contributed by atoms with Gasteiger partial charge in [0.25, 0.3) is 15.9 Å². The molecule has 1 N–H and O–H groups in total. The maximum Gasteiger partial charge on any atom is 0.264 e. The lowest BCUT2D eigenvalue weighted by atomic mass is 10.0. The quantitative estimate of drug-likeness (QED) is 0.267. The van der Waals surface area contributed by atoms with Crippen LogP contribution in [0.25, 0.3) is 0 Å². The summed E-state index contributed by atoms with van der Waals surface area (Å²) in [6.45, 7) is 10.4. The first-order valence-corrected chi connectivity index (χ1v) is 13.7. The molecule has 0 saturated carbocycles. The molecule has 0 aliphatic rings. The molecular formula is C29H35N3O4S. The summed E-state index contributed by atoms with van der Waals surface area (Å²) >= 11 is 0. The van der Waals surface area contributed by atoms with Crippen LogP contribution in [0.2, 0.25) is 0 Å². The molecule has 0 spiro atoms. The number of aryl methyl sites for hydroxylation is 1. The molecule has 0 saturated heterocycles. The second kappa shape index (κ2) is 12.5. The number of carbonyl (C=O) groups excluding carboxylic acids is 1. The van der Waals surface area contributed by atoms with Crippen LogP contribution in [0.3, 0.4) is 0 Å². The van der Waals surface area contributed by atoms with Gasteiger partial charge in [-0.05, 0) is 78.4 Å². The van der Waals surface area contributed by atoms with E-state index in [1.54, 1.807) is 36.4 Å². The largest absolute Gasteiger partial charge is 0.493 e. The summed E-state index contributed by atoms with van der Waals surface area (Å²) in [5.74, 6) is 0.927. The lowest BCUT2D eigenvalue weighted by molar-refractivity contribution is -0.119. The van der Waals surface area contributed by atoms with Crippen molar-refractivity contribution < 1.29 is 17.9 Å². The highest BCUT2D eigenvalue weighted by molar-refractivity contribution is 7.92. The first kappa shape index (κ1) is 27.9. The van der Waals surface area contributed by atoms with Crippen LogP contribution in [0, 0.1) is 12.8 Å². The Kier molecular flexibility index (Phi) is 9.47. The van der Waals surface area contributed by atoms with Crippen molar-refractivity contribution in [2.75, 3.05) is 17.5 Å². The van der Waals surface area contributed by atoms with Crippen LogP contribution in [-0.2, 0) is 14.8 Å². The van der Waals surface area contributed by atoms with Crippen molar-refractivity contribution in [3.8, 4) is 5.75 Å². The number of carbonyl (C=O) groups is 1. The van der Waals surface area contributed by atoms with Gasteiger partial charge in [0.15, 0.2) is 0 Å². The third kappa shape index (κ3) is 7.92. The van der Waals surface area contributed by atoms with Gasteiger partial charge in [-0.25, -0.2) is 13.8 Å². The van der Waals surface area contributed by atoms with Crippen molar-refractivity contribution in [1.29, 1.82) is 0 Å². The molecule has 37 heavy (non-hydrogen) atoms. The number of hydrogen-bond acceptors (Lipinski definition) is 5. The molecule has 0 bridgehead atoms. The molecule has 0 fully saturated rings. The monoisotopic (exact) mass is 521 g/mol. The van der Waals surface area contributed by atoms with E-state index in [4.69, 9.17) is 4.74 Å². The van der Waals surface area contributed by atoms with E-state index in [2.05, 4.69) is 38.2 Å². The summed E-state index contributed by atoms with van der Waals surface area (Å²) in [4.78, 5) is 12.9. The Morgan fingerprint density at radius 2 is 1.57 bits per heavy atom. The van der Waals surface area contributed by atoms with Gasteiger partial charge >= 0.3 is 0 Å². The third-order valence-corrected chi connectivity index (χ3v) is 7.40. The Bertz CT molecular complexity index is 1300. The van der Waals surface area contributed by atoms with Crippen LogP contribution in [0.5, 0.6) is 5.75 Å². The molecule has 3 rings (SSSR count). The first-order valence-electron chi connectivity index (χ1n) is 12.3. The molecule has 7 nitrogen and oxygen atoms in total. The van der Waals surface area contributed by atoms with Crippen LogP contribution < -0.4 is 14.5 Å². The second-order valence-corrected chi connectivity index (χ2v) is 11.5. The fourth-order valence-corrected chi connectivity index (χ4v) is 4.86. The van der Waals surface area contributed by atoms with Gasteiger partial charge in [0.2, 0.25) is 0 Å². The second-order valence-electron chi connectivity index (χ2n) is 9.64. The lowest BCUT2D eigenvalue weighted by Gasteiger charge is -2.24. The molecule has 0 radical (unpaired) electrons. The van der Waals surface area contributed by atoms with Crippen molar-refractivity contribution in [1.82, 2.24) is 5.43 Å². The summed E-state index contributed by atoms with van der Waals surface area (Å²) in [6, 6.07) is 21.1. The molecule has 1 amide bonds. The van der Waals surface area contributed by atoms with E-state index in [9.17, 15) is 13.2 Å². The molecule has 0 atom stereocenters. The Hall–Kier alpha value is -3.65. The van der Waals surface area contributed by atoms with E-state index < -0.39 is 22.5 Å². The van der Waals surface area contributed by atoms with E-state index in [1.165, 1.54) is 6.21 Å². The molecule has 0 aromatic heterocycles. The zero-order chi connectivity index (χ0) is 27.0. The molecule has 0 unspecified atom stereocenters. The topological polar surface area (TPSA) is 88.1 Å². The molecular weight excluding hydrogens is 486 g/mol. The highest BCUT2D eigenvalue weighted by Crippen LogP contribution is 2.26. The van der Waals surface area contributed by atoms with Crippen molar-refractivity contribution >= 4 is 27.8 Å². The zero-order valence-corrected chi connectivity index (χ0v) is 22.8. The number of benzene rings is 3. The predicted octanol–water partition coefficient (Wildman–Crippen LogP) is 5.50. The minimum atomic E-state index is -3.99. The standard InChI is InChI=1S/C29H35N3O4S/c1-21(2)20-36-27-14-8-24(9-15-27)18-30-31-29(33)19-32(26-12-10-25(11-13-26)22(3)4)37(34,35)28-16-6-23(5)7-17-28/h6-18,21-22H,19-20H2,1-5H3,(H,31,33)/b30-18-. The zero-order valence-electron chi connectivity index (χ0n) is 22.0. The minimum absolute atomic E-state index is 0.113. The molecule has 0 aliphatic heterocycles. The number of sulfonamides is 1. The lowest BCUT2D eigenvalue weighted by Crippen LogP contribution is -2.39. The van der Waals surface area contributed by atoms with Crippen molar-refractivity contribution in [2.45, 2.75) is 45.4 Å². The molecule has 0 heterocycles. The molecule has 3 aromatic rings. The Balaban J connectivity index is 1.75. The smallest absolute Gasteiger partial charge is 0.264 e. The van der Waals surface area contributed by atoms with Crippen LogP contribution in [0.4, 0.5) is 5.69 Å². The summed E-state index contributed by atoms with van der Waals surface area (Å²) in [7, 11) is -3.99. The van der Waals surface area contributed by atoms with Gasteiger partial charge in [-0.1, -0.05) is 57.5 Å². The number of nitrogens with one attached hydrogen (secondary N) is 1. The SMILES string of the molecule is Cc1ccc(S(=O)(=O)N(CC(=O)N/N=C\c2ccc(OCC(C)C)cc2)c2ccc(C(C)C)cc2)cc1. The number of rotatable bonds is 11. The van der Waals surface area contributed by atoms with Crippen LogP contribution >= 0.6 is 0 Å². The summed E-state index contributed by atoms with van der Waals surface area (Å²) < 4.78 is 33.8. The summed E-state index contributed by atoms with van der Waals surface area (Å²) in [5.41, 5.74) is 5.63. The normalized spacial score (nSPS) is 11.8. The number of anilines is 1. The van der Waals surface area contributed by atoms with Crippen molar-refractivity contribution in [3.05, 3.63) is 89.5 Å². The maximum absolute atomic E-state index is 13.5. The van der Waals surface area contributed by atoms with E-state index in [0.29, 0.717) is 24.1 Å². The van der Waals surface area contributed by atoms with Gasteiger partial charge in [-0.3, -0.25) is 9.10 Å². The highest BCUT2D eigenvalue weighted by Gasteiger charge is 2.27. The van der Waals surface area contributed by atoms with Crippen LogP contribution in [0.15, 0.2) is 82.8 Å². The summed E-state index contributed by atoms with van der Waals surface area (Å²) in [6.07, 6.45) is 1.50. The molecule has 8 heteroatoms. The number of hydrogen-bond donors (Lipinski definition) is 1. The van der Waals surface area contributed by atoms with E-state index in [0.717, 1.165) is 26.7 Å². The number of nitrogens with zero attached hydrogens (tertiary/aromatic N) is 2. The summed E-state index contributed by atoms with van der Waals surface area (Å²) in [5, 5.41) is 4.01. The predicted molar refractivity (Wildman–Crippen MR) is 149 cm³/mol. The minimum Gasteiger partial charge on any atom is -0.493 e. The van der Waals surface area contributed by atoms with Gasteiger partial charge in [0, 0.05) is 0 Å².